The fraction of sp³-hybridized carbons (Fsp3) is 0.600. The molecule has 1 aromatic rings. The molecule has 0 amide bonds. The summed E-state index contributed by atoms with van der Waals surface area (Å²) in [4.78, 5) is 0. The molecular weight excluding hydrogens is 239 g/mol. The predicted octanol–water partition coefficient (Wildman–Crippen LogP) is 2.08. The second kappa shape index (κ2) is 3.04. The van der Waals surface area contributed by atoms with Gasteiger partial charge in [0.05, 0.1) is 0 Å². The first-order valence-electron chi connectivity index (χ1n) is 3.13. The van der Waals surface area contributed by atoms with E-state index in [-0.39, 0.29) is 11.1 Å². The van der Waals surface area contributed by atoms with E-state index >= 15 is 0 Å². The van der Waals surface area contributed by atoms with Crippen LogP contribution in [0.25, 0.3) is 0 Å². The van der Waals surface area contributed by atoms with Crippen LogP contribution in [0.3, 0.4) is 0 Å². The van der Waals surface area contributed by atoms with Gasteiger partial charge in [0.25, 0.3) is 0 Å². The van der Waals surface area contributed by atoms with Crippen LogP contribution in [-0.2, 0) is 12.7 Å². The van der Waals surface area contributed by atoms with Gasteiger partial charge in [-0.15, -0.1) is 5.10 Å². The first-order chi connectivity index (χ1) is 5.46. The van der Waals surface area contributed by atoms with Crippen molar-refractivity contribution in [2.75, 3.05) is 0 Å². The van der Waals surface area contributed by atoms with Crippen molar-refractivity contribution in [1.82, 2.24) is 15.0 Å². The SMILES string of the molecule is CCn1nnc(Br)c1C(F)(F)F. The third-order valence-electron chi connectivity index (χ3n) is 1.26. The van der Waals surface area contributed by atoms with E-state index in [1.807, 2.05) is 0 Å². The fourth-order valence-corrected chi connectivity index (χ4v) is 1.28. The third kappa shape index (κ3) is 1.60. The molecule has 1 rings (SSSR count). The van der Waals surface area contributed by atoms with Crippen molar-refractivity contribution < 1.29 is 13.2 Å². The lowest BCUT2D eigenvalue weighted by atomic mass is 10.4. The van der Waals surface area contributed by atoms with Crippen molar-refractivity contribution in [2.45, 2.75) is 19.6 Å². The van der Waals surface area contributed by atoms with Crippen LogP contribution in [0.5, 0.6) is 0 Å². The number of halogens is 4. The van der Waals surface area contributed by atoms with Gasteiger partial charge in [0, 0.05) is 6.54 Å². The van der Waals surface area contributed by atoms with Crippen molar-refractivity contribution in [2.24, 2.45) is 0 Å². The highest BCUT2D eigenvalue weighted by Crippen LogP contribution is 2.33. The van der Waals surface area contributed by atoms with E-state index in [1.54, 1.807) is 6.92 Å². The van der Waals surface area contributed by atoms with E-state index in [2.05, 4.69) is 26.2 Å². The smallest absolute Gasteiger partial charge is 0.239 e. The van der Waals surface area contributed by atoms with Gasteiger partial charge in [0.15, 0.2) is 10.3 Å². The van der Waals surface area contributed by atoms with Crippen LogP contribution in [0.2, 0.25) is 0 Å². The highest BCUT2D eigenvalue weighted by Gasteiger charge is 2.38. The van der Waals surface area contributed by atoms with E-state index in [9.17, 15) is 13.2 Å². The second-order valence-corrected chi connectivity index (χ2v) is 2.79. The summed E-state index contributed by atoms with van der Waals surface area (Å²) < 4.78 is 37.1. The quantitative estimate of drug-likeness (QED) is 0.757. The zero-order chi connectivity index (χ0) is 9.35. The second-order valence-electron chi connectivity index (χ2n) is 2.04. The number of aromatic nitrogens is 3. The molecule has 0 aliphatic heterocycles. The molecule has 3 nitrogen and oxygen atoms in total. The average molecular weight is 244 g/mol. The zero-order valence-electron chi connectivity index (χ0n) is 6.06. The number of aryl methyl sites for hydroxylation is 1. The summed E-state index contributed by atoms with van der Waals surface area (Å²) in [6.07, 6.45) is -4.40. The molecule has 0 bridgehead atoms. The van der Waals surface area contributed by atoms with Crippen LogP contribution in [0.4, 0.5) is 13.2 Å². The lowest BCUT2D eigenvalue weighted by Gasteiger charge is -2.06. The lowest BCUT2D eigenvalue weighted by molar-refractivity contribution is -0.144. The summed E-state index contributed by atoms with van der Waals surface area (Å²) in [5, 5.41) is 6.56. The first-order valence-corrected chi connectivity index (χ1v) is 3.92. The Morgan fingerprint density at radius 2 is 2.08 bits per heavy atom. The summed E-state index contributed by atoms with van der Waals surface area (Å²) in [5.41, 5.74) is -0.843. The molecule has 0 aliphatic rings. The van der Waals surface area contributed by atoms with Crippen LogP contribution in [0.15, 0.2) is 4.60 Å². The minimum atomic E-state index is -4.40. The van der Waals surface area contributed by atoms with Crippen molar-refractivity contribution in [1.29, 1.82) is 0 Å². The molecule has 68 valence electrons. The molecule has 0 spiro atoms. The van der Waals surface area contributed by atoms with Crippen molar-refractivity contribution in [3.8, 4) is 0 Å². The van der Waals surface area contributed by atoms with Crippen LogP contribution >= 0.6 is 15.9 Å². The molecule has 12 heavy (non-hydrogen) atoms. The molecule has 1 heterocycles. The minimum Gasteiger partial charge on any atom is -0.239 e. The highest BCUT2D eigenvalue weighted by atomic mass is 79.9. The van der Waals surface area contributed by atoms with E-state index in [1.165, 1.54) is 0 Å². The standard InChI is InChI=1S/C5H5BrF3N3/c1-2-12-3(5(7,8)9)4(6)10-11-12/h2H2,1H3. The molecule has 0 N–H and O–H groups in total. The van der Waals surface area contributed by atoms with Gasteiger partial charge in [-0.05, 0) is 22.9 Å². The Labute approximate surface area is 74.7 Å². The maximum atomic E-state index is 12.2. The largest absolute Gasteiger partial charge is 0.435 e. The molecule has 0 aromatic carbocycles. The van der Waals surface area contributed by atoms with Gasteiger partial charge in [0.2, 0.25) is 0 Å². The van der Waals surface area contributed by atoms with E-state index in [0.29, 0.717) is 0 Å². The fourth-order valence-electron chi connectivity index (χ4n) is 0.776. The summed E-state index contributed by atoms with van der Waals surface area (Å²) in [5.74, 6) is 0. The van der Waals surface area contributed by atoms with Crippen molar-refractivity contribution in [3.63, 3.8) is 0 Å². The number of nitrogens with zero attached hydrogens (tertiary/aromatic N) is 3. The van der Waals surface area contributed by atoms with Gasteiger partial charge in [-0.2, -0.15) is 13.2 Å². The molecule has 0 unspecified atom stereocenters. The topological polar surface area (TPSA) is 30.7 Å². The Kier molecular flexibility index (Phi) is 2.41. The third-order valence-corrected chi connectivity index (χ3v) is 1.80. The van der Waals surface area contributed by atoms with Gasteiger partial charge < -0.3 is 0 Å². The van der Waals surface area contributed by atoms with Crippen LogP contribution in [0, 0.1) is 0 Å². The van der Waals surface area contributed by atoms with Gasteiger partial charge in [-0.25, -0.2) is 4.68 Å². The Hall–Kier alpha value is -0.590. The normalized spacial score (nSPS) is 12.1. The summed E-state index contributed by atoms with van der Waals surface area (Å²) in [6, 6.07) is 0. The first kappa shape index (κ1) is 9.50. The Balaban J connectivity index is 3.19. The summed E-state index contributed by atoms with van der Waals surface area (Å²) in [6.45, 7) is 1.71. The van der Waals surface area contributed by atoms with Gasteiger partial charge >= 0.3 is 6.18 Å². The Bertz CT molecular complexity index is 280. The lowest BCUT2D eigenvalue weighted by Crippen LogP contribution is -2.14. The molecule has 0 fully saturated rings. The Morgan fingerprint density at radius 3 is 2.42 bits per heavy atom. The van der Waals surface area contributed by atoms with Crippen LogP contribution in [0.1, 0.15) is 12.6 Å². The minimum absolute atomic E-state index is 0.146. The molecule has 1 aromatic heterocycles. The highest BCUT2D eigenvalue weighted by molar-refractivity contribution is 9.10. The van der Waals surface area contributed by atoms with E-state index < -0.39 is 11.9 Å². The number of alkyl halides is 3. The van der Waals surface area contributed by atoms with Gasteiger partial charge in [-0.3, -0.25) is 0 Å². The summed E-state index contributed by atoms with van der Waals surface area (Å²) in [7, 11) is 0. The number of hydrogen-bond acceptors (Lipinski definition) is 2. The van der Waals surface area contributed by atoms with E-state index in [0.717, 1.165) is 4.68 Å². The maximum Gasteiger partial charge on any atom is 0.435 e. The van der Waals surface area contributed by atoms with Crippen LogP contribution in [-0.4, -0.2) is 15.0 Å². The molecule has 0 saturated carbocycles. The summed E-state index contributed by atoms with van der Waals surface area (Å²) >= 11 is 2.68. The molecule has 0 saturated heterocycles. The Morgan fingerprint density at radius 1 is 1.50 bits per heavy atom. The molecular formula is C5H5BrF3N3. The molecule has 0 aliphatic carbocycles. The molecule has 7 heteroatoms. The number of rotatable bonds is 1. The van der Waals surface area contributed by atoms with Crippen molar-refractivity contribution in [3.05, 3.63) is 10.3 Å². The predicted molar refractivity (Wildman–Crippen MR) is 38.4 cm³/mol. The molecule has 0 atom stereocenters. The molecule has 0 radical (unpaired) electrons. The number of hydrogen-bond donors (Lipinski definition) is 0. The van der Waals surface area contributed by atoms with Crippen molar-refractivity contribution >= 4 is 15.9 Å². The van der Waals surface area contributed by atoms with E-state index in [4.69, 9.17) is 0 Å². The maximum absolute atomic E-state index is 12.2. The van der Waals surface area contributed by atoms with Gasteiger partial charge in [-0.1, -0.05) is 5.21 Å². The van der Waals surface area contributed by atoms with Gasteiger partial charge in [0.1, 0.15) is 0 Å². The van der Waals surface area contributed by atoms with Crippen LogP contribution < -0.4 is 0 Å². The monoisotopic (exact) mass is 243 g/mol. The average Bonchev–Trinajstić information content (AvgIpc) is 2.29. The zero-order valence-corrected chi connectivity index (χ0v) is 7.65.